The predicted molar refractivity (Wildman–Crippen MR) is 94.2 cm³/mol. The summed E-state index contributed by atoms with van der Waals surface area (Å²) in [5, 5.41) is 16.0. The van der Waals surface area contributed by atoms with Gasteiger partial charge in [0.1, 0.15) is 0 Å². The highest BCUT2D eigenvalue weighted by atomic mass is 32.1. The molecule has 1 unspecified atom stereocenters. The third-order valence-corrected chi connectivity index (χ3v) is 5.09. The van der Waals surface area contributed by atoms with E-state index in [-0.39, 0.29) is 18.4 Å². The van der Waals surface area contributed by atoms with Crippen molar-refractivity contribution in [2.75, 3.05) is 19.8 Å². The second kappa shape index (κ2) is 7.88. The van der Waals surface area contributed by atoms with Crippen LogP contribution in [0.1, 0.15) is 28.2 Å². The molecule has 1 atom stereocenters. The minimum Gasteiger partial charge on any atom is -0.391 e. The molecule has 5 nitrogen and oxygen atoms in total. The molecule has 0 saturated carbocycles. The Bertz CT molecular complexity index is 695. The number of carbonyl (C=O) groups is 1. The van der Waals surface area contributed by atoms with Crippen LogP contribution in [0.2, 0.25) is 0 Å². The minimum absolute atomic E-state index is 0.171. The summed E-state index contributed by atoms with van der Waals surface area (Å²) < 4.78 is 5.30. The lowest BCUT2D eigenvalue weighted by Gasteiger charge is -2.26. The van der Waals surface area contributed by atoms with Gasteiger partial charge in [-0.05, 0) is 37.8 Å². The molecule has 1 aliphatic heterocycles. The van der Waals surface area contributed by atoms with E-state index in [4.69, 9.17) is 4.74 Å². The molecule has 2 N–H and O–H groups in total. The molecule has 1 amide bonds. The molecular weight excluding hydrogens is 324 g/mol. The van der Waals surface area contributed by atoms with Crippen LogP contribution in [0.5, 0.6) is 0 Å². The normalized spacial score (nSPS) is 16.8. The summed E-state index contributed by atoms with van der Waals surface area (Å²) >= 11 is 1.59. The van der Waals surface area contributed by atoms with Crippen LogP contribution in [0.25, 0.3) is 11.3 Å². The first-order valence-corrected chi connectivity index (χ1v) is 9.08. The minimum atomic E-state index is -0.526. The molecule has 6 heteroatoms. The van der Waals surface area contributed by atoms with Gasteiger partial charge >= 0.3 is 0 Å². The van der Waals surface area contributed by atoms with Gasteiger partial charge in [-0.2, -0.15) is 0 Å². The third kappa shape index (κ3) is 4.20. The number of thiazole rings is 1. The van der Waals surface area contributed by atoms with E-state index in [0.29, 0.717) is 18.8 Å². The van der Waals surface area contributed by atoms with Crippen LogP contribution >= 0.6 is 11.3 Å². The predicted octanol–water partition coefficient (Wildman–Crippen LogP) is 2.64. The first-order chi connectivity index (χ1) is 11.6. The topological polar surface area (TPSA) is 71.5 Å². The summed E-state index contributed by atoms with van der Waals surface area (Å²) in [6.07, 6.45) is 1.16. The summed E-state index contributed by atoms with van der Waals surface area (Å²) in [5.41, 5.74) is 2.39. The zero-order chi connectivity index (χ0) is 16.9. The fourth-order valence-corrected chi connectivity index (χ4v) is 3.50. The number of ether oxygens (including phenoxy) is 1. The molecular formula is C18H22N2O3S. The van der Waals surface area contributed by atoms with Crippen LogP contribution in [0.3, 0.4) is 0 Å². The number of aliphatic hydroxyl groups excluding tert-OH is 1. The number of aromatic nitrogens is 1. The second-order valence-corrected chi connectivity index (χ2v) is 7.12. The fraction of sp³-hybridized carbons (Fsp3) is 0.444. The lowest BCUT2D eigenvalue weighted by Crippen LogP contribution is -2.38. The average molecular weight is 346 g/mol. The molecule has 1 aliphatic rings. The molecule has 128 valence electrons. The van der Waals surface area contributed by atoms with E-state index in [1.165, 1.54) is 0 Å². The van der Waals surface area contributed by atoms with Gasteiger partial charge in [0.2, 0.25) is 0 Å². The number of nitrogens with zero attached hydrogens (tertiary/aromatic N) is 1. The number of aliphatic hydroxyl groups is 1. The molecule has 0 spiro atoms. The molecule has 1 fully saturated rings. The van der Waals surface area contributed by atoms with E-state index in [1.54, 1.807) is 17.4 Å². The summed E-state index contributed by atoms with van der Waals surface area (Å²) in [6.45, 7) is 3.60. The van der Waals surface area contributed by atoms with Gasteiger partial charge in [0, 0.05) is 36.3 Å². The first kappa shape index (κ1) is 17.1. The lowest BCUT2D eigenvalue weighted by molar-refractivity contribution is 0.00873. The van der Waals surface area contributed by atoms with Crippen LogP contribution in [0.15, 0.2) is 29.6 Å². The zero-order valence-corrected chi connectivity index (χ0v) is 14.5. The van der Waals surface area contributed by atoms with E-state index >= 15 is 0 Å². The Morgan fingerprint density at radius 1 is 1.46 bits per heavy atom. The molecule has 1 aromatic heterocycles. The standard InChI is InChI=1S/C18H22N2O3S/c1-12-20-16(11-24-12)14-3-2-4-15(9-14)18(22)19-10-17(21)13-5-7-23-8-6-13/h2-4,9,11,13,17,21H,5-8,10H2,1H3,(H,19,22). The average Bonchev–Trinajstić information content (AvgIpc) is 3.06. The van der Waals surface area contributed by atoms with Crippen molar-refractivity contribution < 1.29 is 14.6 Å². The molecule has 2 aromatic rings. The number of rotatable bonds is 5. The first-order valence-electron chi connectivity index (χ1n) is 8.20. The highest BCUT2D eigenvalue weighted by molar-refractivity contribution is 7.09. The number of hydrogen-bond acceptors (Lipinski definition) is 5. The summed E-state index contributed by atoms with van der Waals surface area (Å²) in [7, 11) is 0. The van der Waals surface area contributed by atoms with Crippen LogP contribution < -0.4 is 5.32 Å². The number of nitrogens with one attached hydrogen (secondary N) is 1. The smallest absolute Gasteiger partial charge is 0.251 e. The molecule has 0 bridgehead atoms. The van der Waals surface area contributed by atoms with Gasteiger partial charge in [0.25, 0.3) is 5.91 Å². The van der Waals surface area contributed by atoms with E-state index in [2.05, 4.69) is 10.3 Å². The van der Waals surface area contributed by atoms with E-state index in [0.717, 1.165) is 29.1 Å². The number of carbonyl (C=O) groups excluding carboxylic acids is 1. The number of hydrogen-bond donors (Lipinski definition) is 2. The van der Waals surface area contributed by atoms with Gasteiger partial charge < -0.3 is 15.2 Å². The quantitative estimate of drug-likeness (QED) is 0.873. The molecule has 1 aromatic carbocycles. The maximum Gasteiger partial charge on any atom is 0.251 e. The fourth-order valence-electron chi connectivity index (χ4n) is 2.88. The van der Waals surface area contributed by atoms with Crippen molar-refractivity contribution in [3.05, 3.63) is 40.2 Å². The van der Waals surface area contributed by atoms with Crippen LogP contribution in [-0.2, 0) is 4.74 Å². The molecule has 24 heavy (non-hydrogen) atoms. The van der Waals surface area contributed by atoms with E-state index in [1.807, 2.05) is 30.5 Å². The summed E-state index contributed by atoms with van der Waals surface area (Å²) in [4.78, 5) is 16.8. The Balaban J connectivity index is 1.60. The Kier molecular flexibility index (Phi) is 5.60. The van der Waals surface area contributed by atoms with Crippen molar-refractivity contribution >= 4 is 17.2 Å². The van der Waals surface area contributed by atoms with E-state index < -0.39 is 6.10 Å². The highest BCUT2D eigenvalue weighted by Crippen LogP contribution is 2.22. The lowest BCUT2D eigenvalue weighted by atomic mass is 9.94. The number of amides is 1. The van der Waals surface area contributed by atoms with Crippen molar-refractivity contribution in [2.24, 2.45) is 5.92 Å². The highest BCUT2D eigenvalue weighted by Gasteiger charge is 2.22. The van der Waals surface area contributed by atoms with Gasteiger partial charge in [0.15, 0.2) is 0 Å². The number of benzene rings is 1. The van der Waals surface area contributed by atoms with E-state index in [9.17, 15) is 9.90 Å². The third-order valence-electron chi connectivity index (χ3n) is 4.32. The maximum absolute atomic E-state index is 12.4. The molecule has 1 saturated heterocycles. The van der Waals surface area contributed by atoms with Crippen LogP contribution in [-0.4, -0.2) is 41.9 Å². The van der Waals surface area contributed by atoms with Gasteiger partial charge in [-0.25, -0.2) is 4.98 Å². The van der Waals surface area contributed by atoms with Crippen LogP contribution in [0, 0.1) is 12.8 Å². The Morgan fingerprint density at radius 3 is 2.96 bits per heavy atom. The van der Waals surface area contributed by atoms with Gasteiger partial charge in [-0.1, -0.05) is 12.1 Å². The van der Waals surface area contributed by atoms with Crippen molar-refractivity contribution in [3.63, 3.8) is 0 Å². The summed E-state index contributed by atoms with van der Waals surface area (Å²) in [6, 6.07) is 7.42. The SMILES string of the molecule is Cc1nc(-c2cccc(C(=O)NCC(O)C3CCOCC3)c2)cs1. The van der Waals surface area contributed by atoms with Crippen molar-refractivity contribution in [2.45, 2.75) is 25.9 Å². The van der Waals surface area contributed by atoms with Crippen molar-refractivity contribution in [3.8, 4) is 11.3 Å². The second-order valence-electron chi connectivity index (χ2n) is 6.06. The molecule has 0 aliphatic carbocycles. The maximum atomic E-state index is 12.4. The van der Waals surface area contributed by atoms with Gasteiger partial charge in [-0.3, -0.25) is 4.79 Å². The van der Waals surface area contributed by atoms with Crippen molar-refractivity contribution in [1.29, 1.82) is 0 Å². The summed E-state index contributed by atoms with van der Waals surface area (Å²) in [5.74, 6) is 0.0262. The zero-order valence-electron chi connectivity index (χ0n) is 13.7. The van der Waals surface area contributed by atoms with Gasteiger partial charge in [0.05, 0.1) is 16.8 Å². The Hall–Kier alpha value is -1.76. The largest absolute Gasteiger partial charge is 0.391 e. The molecule has 0 radical (unpaired) electrons. The Labute approximate surface area is 145 Å². The monoisotopic (exact) mass is 346 g/mol. The van der Waals surface area contributed by atoms with Crippen molar-refractivity contribution in [1.82, 2.24) is 10.3 Å². The molecule has 2 heterocycles. The Morgan fingerprint density at radius 2 is 2.25 bits per heavy atom. The van der Waals surface area contributed by atoms with Crippen LogP contribution in [0.4, 0.5) is 0 Å². The number of aryl methyl sites for hydroxylation is 1. The molecule has 3 rings (SSSR count). The van der Waals surface area contributed by atoms with Gasteiger partial charge in [-0.15, -0.1) is 11.3 Å².